The SMILES string of the molecule is COc1cc(O)ccc1CN1CCN(C(=O)CN2CCN(CCc3ccccc3)CC2)CC1. The number of piperazine rings is 2. The van der Waals surface area contributed by atoms with Gasteiger partial charge in [0, 0.05) is 77.1 Å². The molecule has 2 saturated heterocycles. The van der Waals surface area contributed by atoms with Crippen molar-refractivity contribution in [2.45, 2.75) is 13.0 Å². The number of ether oxygens (including phenoxy) is 1. The molecule has 0 atom stereocenters. The standard InChI is InChI=1S/C26H36N4O3/c1-33-25-19-24(31)8-7-23(25)20-28-15-17-30(18-16-28)26(32)21-29-13-11-27(12-14-29)10-9-22-5-3-2-4-6-22/h2-8,19,31H,9-18,20-21H2,1H3. The van der Waals surface area contributed by atoms with E-state index in [9.17, 15) is 9.90 Å². The highest BCUT2D eigenvalue weighted by Crippen LogP contribution is 2.25. The van der Waals surface area contributed by atoms with Crippen LogP contribution in [0.5, 0.6) is 11.5 Å². The highest BCUT2D eigenvalue weighted by molar-refractivity contribution is 5.78. The summed E-state index contributed by atoms with van der Waals surface area (Å²) in [6.07, 6.45) is 1.08. The fraction of sp³-hybridized carbons (Fsp3) is 0.500. The quantitative estimate of drug-likeness (QED) is 0.660. The summed E-state index contributed by atoms with van der Waals surface area (Å²) in [5.74, 6) is 1.16. The number of methoxy groups -OCH3 is 1. The molecule has 2 aromatic carbocycles. The summed E-state index contributed by atoms with van der Waals surface area (Å²) < 4.78 is 5.40. The number of amides is 1. The zero-order valence-electron chi connectivity index (χ0n) is 19.7. The zero-order chi connectivity index (χ0) is 23.0. The summed E-state index contributed by atoms with van der Waals surface area (Å²) in [6.45, 7) is 9.57. The molecule has 0 aromatic heterocycles. The topological polar surface area (TPSA) is 59.5 Å². The normalized spacial score (nSPS) is 18.4. The Hall–Kier alpha value is -2.61. The molecule has 0 aliphatic carbocycles. The third-order valence-corrected chi connectivity index (χ3v) is 6.77. The molecule has 2 heterocycles. The van der Waals surface area contributed by atoms with E-state index in [-0.39, 0.29) is 11.7 Å². The van der Waals surface area contributed by atoms with E-state index < -0.39 is 0 Å². The molecule has 4 rings (SSSR count). The highest BCUT2D eigenvalue weighted by atomic mass is 16.5. The first-order valence-electron chi connectivity index (χ1n) is 12.0. The summed E-state index contributed by atoms with van der Waals surface area (Å²) >= 11 is 0. The Kier molecular flexibility index (Phi) is 8.20. The smallest absolute Gasteiger partial charge is 0.236 e. The van der Waals surface area contributed by atoms with Gasteiger partial charge in [-0.1, -0.05) is 36.4 Å². The number of rotatable bonds is 8. The molecule has 7 heteroatoms. The van der Waals surface area contributed by atoms with Gasteiger partial charge in [-0.25, -0.2) is 0 Å². The molecule has 0 bridgehead atoms. The number of benzene rings is 2. The Balaban J connectivity index is 1.16. The largest absolute Gasteiger partial charge is 0.508 e. The van der Waals surface area contributed by atoms with Crippen LogP contribution in [0.15, 0.2) is 48.5 Å². The summed E-state index contributed by atoms with van der Waals surface area (Å²) in [5.41, 5.74) is 2.44. The number of aromatic hydroxyl groups is 1. The third kappa shape index (κ3) is 6.69. The molecule has 178 valence electrons. The lowest BCUT2D eigenvalue weighted by atomic mass is 10.1. The van der Waals surface area contributed by atoms with Crippen LogP contribution in [0.3, 0.4) is 0 Å². The van der Waals surface area contributed by atoms with Gasteiger partial charge in [0.05, 0.1) is 13.7 Å². The van der Waals surface area contributed by atoms with Crippen LogP contribution in [0.2, 0.25) is 0 Å². The Morgan fingerprint density at radius 2 is 1.55 bits per heavy atom. The number of hydrogen-bond donors (Lipinski definition) is 1. The molecule has 33 heavy (non-hydrogen) atoms. The first-order valence-corrected chi connectivity index (χ1v) is 12.0. The average Bonchev–Trinajstić information content (AvgIpc) is 2.85. The summed E-state index contributed by atoms with van der Waals surface area (Å²) in [6, 6.07) is 15.9. The van der Waals surface area contributed by atoms with Crippen LogP contribution in [-0.2, 0) is 17.8 Å². The third-order valence-electron chi connectivity index (χ3n) is 6.77. The number of carbonyl (C=O) groups is 1. The second kappa shape index (κ2) is 11.5. The summed E-state index contributed by atoms with van der Waals surface area (Å²) in [5, 5.41) is 9.65. The van der Waals surface area contributed by atoms with Gasteiger partial charge >= 0.3 is 0 Å². The number of phenolic OH excluding ortho intramolecular Hbond substituents is 1. The molecule has 2 aliphatic rings. The maximum atomic E-state index is 12.9. The van der Waals surface area contributed by atoms with E-state index in [0.29, 0.717) is 12.3 Å². The van der Waals surface area contributed by atoms with Gasteiger partial charge in [-0.3, -0.25) is 14.6 Å². The van der Waals surface area contributed by atoms with Crippen molar-refractivity contribution in [1.82, 2.24) is 19.6 Å². The molecule has 0 radical (unpaired) electrons. The minimum absolute atomic E-state index is 0.211. The maximum absolute atomic E-state index is 12.9. The van der Waals surface area contributed by atoms with Crippen LogP contribution in [0, 0.1) is 0 Å². The number of carbonyl (C=O) groups excluding carboxylic acids is 1. The Bertz CT molecular complexity index is 892. The highest BCUT2D eigenvalue weighted by Gasteiger charge is 2.25. The molecule has 1 N–H and O–H groups in total. The Labute approximate surface area is 197 Å². The zero-order valence-corrected chi connectivity index (χ0v) is 19.7. The molecular formula is C26H36N4O3. The van der Waals surface area contributed by atoms with Gasteiger partial charge < -0.3 is 19.6 Å². The van der Waals surface area contributed by atoms with E-state index in [2.05, 4.69) is 45.0 Å². The van der Waals surface area contributed by atoms with Gasteiger partial charge in [0.1, 0.15) is 11.5 Å². The minimum Gasteiger partial charge on any atom is -0.508 e. The van der Waals surface area contributed by atoms with Gasteiger partial charge in [-0.05, 0) is 18.1 Å². The number of nitrogens with zero attached hydrogens (tertiary/aromatic N) is 4. The number of phenols is 1. The predicted molar refractivity (Wildman–Crippen MR) is 130 cm³/mol. The second-order valence-corrected chi connectivity index (χ2v) is 9.01. The first kappa shape index (κ1) is 23.5. The Morgan fingerprint density at radius 3 is 2.24 bits per heavy atom. The molecule has 0 spiro atoms. The van der Waals surface area contributed by atoms with Crippen LogP contribution in [0.4, 0.5) is 0 Å². The lowest BCUT2D eigenvalue weighted by Gasteiger charge is -2.38. The van der Waals surface area contributed by atoms with Crippen molar-refractivity contribution in [1.29, 1.82) is 0 Å². The summed E-state index contributed by atoms with van der Waals surface area (Å²) in [4.78, 5) is 22.0. The Morgan fingerprint density at radius 1 is 0.879 bits per heavy atom. The predicted octanol–water partition coefficient (Wildman–Crippen LogP) is 1.91. The van der Waals surface area contributed by atoms with Crippen molar-refractivity contribution < 1.29 is 14.6 Å². The molecule has 0 unspecified atom stereocenters. The van der Waals surface area contributed by atoms with E-state index in [4.69, 9.17) is 4.74 Å². The van der Waals surface area contributed by atoms with Crippen LogP contribution >= 0.6 is 0 Å². The van der Waals surface area contributed by atoms with Crippen molar-refractivity contribution in [3.63, 3.8) is 0 Å². The van der Waals surface area contributed by atoms with Crippen molar-refractivity contribution in [3.05, 3.63) is 59.7 Å². The molecule has 2 aromatic rings. The lowest BCUT2D eigenvalue weighted by Crippen LogP contribution is -2.53. The van der Waals surface area contributed by atoms with Crippen molar-refractivity contribution in [2.24, 2.45) is 0 Å². The van der Waals surface area contributed by atoms with E-state index in [1.54, 1.807) is 19.2 Å². The molecule has 2 fully saturated rings. The van der Waals surface area contributed by atoms with Crippen molar-refractivity contribution in [2.75, 3.05) is 72.6 Å². The van der Waals surface area contributed by atoms with Gasteiger partial charge in [0.2, 0.25) is 5.91 Å². The van der Waals surface area contributed by atoms with Crippen LogP contribution in [0.25, 0.3) is 0 Å². The molecular weight excluding hydrogens is 416 g/mol. The van der Waals surface area contributed by atoms with Gasteiger partial charge in [-0.15, -0.1) is 0 Å². The minimum atomic E-state index is 0.211. The van der Waals surface area contributed by atoms with E-state index in [1.807, 2.05) is 11.0 Å². The van der Waals surface area contributed by atoms with E-state index in [0.717, 1.165) is 77.4 Å². The van der Waals surface area contributed by atoms with Gasteiger partial charge in [-0.2, -0.15) is 0 Å². The van der Waals surface area contributed by atoms with Crippen LogP contribution < -0.4 is 4.74 Å². The van der Waals surface area contributed by atoms with Gasteiger partial charge in [0.25, 0.3) is 0 Å². The molecule has 7 nitrogen and oxygen atoms in total. The molecule has 1 amide bonds. The summed E-state index contributed by atoms with van der Waals surface area (Å²) in [7, 11) is 1.62. The van der Waals surface area contributed by atoms with Crippen molar-refractivity contribution >= 4 is 5.91 Å². The van der Waals surface area contributed by atoms with E-state index in [1.165, 1.54) is 5.56 Å². The first-order chi connectivity index (χ1) is 16.1. The molecule has 2 aliphatic heterocycles. The van der Waals surface area contributed by atoms with Crippen LogP contribution in [-0.4, -0.2) is 103 Å². The van der Waals surface area contributed by atoms with E-state index >= 15 is 0 Å². The van der Waals surface area contributed by atoms with Crippen LogP contribution in [0.1, 0.15) is 11.1 Å². The monoisotopic (exact) mass is 452 g/mol. The number of hydrogen-bond acceptors (Lipinski definition) is 6. The fourth-order valence-corrected chi connectivity index (χ4v) is 4.65. The average molecular weight is 453 g/mol. The molecule has 0 saturated carbocycles. The van der Waals surface area contributed by atoms with Gasteiger partial charge in [0.15, 0.2) is 0 Å². The lowest BCUT2D eigenvalue weighted by molar-refractivity contribution is -0.134. The van der Waals surface area contributed by atoms with Crippen molar-refractivity contribution in [3.8, 4) is 11.5 Å². The fourth-order valence-electron chi connectivity index (χ4n) is 4.65. The second-order valence-electron chi connectivity index (χ2n) is 9.01. The maximum Gasteiger partial charge on any atom is 0.236 e.